The van der Waals surface area contributed by atoms with E-state index in [-0.39, 0.29) is 0 Å². The highest BCUT2D eigenvalue weighted by molar-refractivity contribution is 9.10. The van der Waals surface area contributed by atoms with Gasteiger partial charge in [-0.05, 0) is 34.5 Å². The van der Waals surface area contributed by atoms with Gasteiger partial charge in [0.15, 0.2) is 0 Å². The second-order valence-corrected chi connectivity index (χ2v) is 4.80. The van der Waals surface area contributed by atoms with Gasteiger partial charge in [-0.15, -0.1) is 0 Å². The van der Waals surface area contributed by atoms with Crippen molar-refractivity contribution in [2.45, 2.75) is 13.5 Å². The van der Waals surface area contributed by atoms with Crippen molar-refractivity contribution in [3.63, 3.8) is 0 Å². The Bertz CT molecular complexity index is 526. The molecular formula is C13H14BrN3. The normalized spacial score (nSPS) is 10.2. The summed E-state index contributed by atoms with van der Waals surface area (Å²) in [5, 5.41) is 3.27. The first kappa shape index (κ1) is 11.9. The molecule has 0 aliphatic heterocycles. The average molecular weight is 292 g/mol. The van der Waals surface area contributed by atoms with Gasteiger partial charge in [0.1, 0.15) is 5.82 Å². The Morgan fingerprint density at radius 3 is 2.88 bits per heavy atom. The zero-order valence-electron chi connectivity index (χ0n) is 9.57. The summed E-state index contributed by atoms with van der Waals surface area (Å²) in [6.45, 7) is 2.83. The molecule has 1 aromatic heterocycles. The zero-order chi connectivity index (χ0) is 12.3. The highest BCUT2D eigenvalue weighted by Gasteiger charge is 2.01. The predicted octanol–water partition coefficient (Wildman–Crippen LogP) is 3.35. The number of pyridine rings is 1. The van der Waals surface area contributed by atoms with Crippen LogP contribution in [0.15, 0.2) is 41.0 Å². The zero-order valence-corrected chi connectivity index (χ0v) is 11.2. The number of benzene rings is 1. The van der Waals surface area contributed by atoms with Gasteiger partial charge in [0.2, 0.25) is 0 Å². The lowest BCUT2D eigenvalue weighted by Crippen LogP contribution is -2.02. The molecule has 1 heterocycles. The Balaban J connectivity index is 2.07. The molecule has 0 amide bonds. The molecule has 2 rings (SSSR count). The molecule has 17 heavy (non-hydrogen) atoms. The van der Waals surface area contributed by atoms with Gasteiger partial charge in [-0.3, -0.25) is 0 Å². The molecule has 0 saturated heterocycles. The quantitative estimate of drug-likeness (QED) is 0.912. The topological polar surface area (TPSA) is 50.9 Å². The SMILES string of the molecule is Cc1cccc(CNc2ncc(N)cc2Br)c1. The molecule has 0 spiro atoms. The van der Waals surface area contributed by atoms with Crippen molar-refractivity contribution in [2.75, 3.05) is 11.1 Å². The molecule has 3 N–H and O–H groups in total. The largest absolute Gasteiger partial charge is 0.397 e. The Hall–Kier alpha value is -1.55. The lowest BCUT2D eigenvalue weighted by Gasteiger charge is -2.08. The minimum absolute atomic E-state index is 0.651. The average Bonchev–Trinajstić information content (AvgIpc) is 2.28. The standard InChI is InChI=1S/C13H14BrN3/c1-9-3-2-4-10(5-9)7-16-13-12(14)6-11(15)8-17-13/h2-6,8H,7,15H2,1H3,(H,16,17). The molecule has 0 aliphatic rings. The molecule has 0 atom stereocenters. The van der Waals surface area contributed by atoms with E-state index < -0.39 is 0 Å². The first-order valence-corrected chi connectivity index (χ1v) is 6.15. The molecule has 0 saturated carbocycles. The van der Waals surface area contributed by atoms with Crippen LogP contribution < -0.4 is 11.1 Å². The summed E-state index contributed by atoms with van der Waals surface area (Å²) >= 11 is 3.43. The fraction of sp³-hybridized carbons (Fsp3) is 0.154. The first-order chi connectivity index (χ1) is 8.15. The van der Waals surface area contributed by atoms with Crippen LogP contribution in [0.25, 0.3) is 0 Å². The smallest absolute Gasteiger partial charge is 0.140 e. The van der Waals surface area contributed by atoms with Crippen molar-refractivity contribution in [1.82, 2.24) is 4.98 Å². The van der Waals surface area contributed by atoms with Crippen LogP contribution in [-0.2, 0) is 6.54 Å². The van der Waals surface area contributed by atoms with E-state index in [0.29, 0.717) is 5.69 Å². The van der Waals surface area contributed by atoms with Crippen LogP contribution in [0, 0.1) is 6.92 Å². The van der Waals surface area contributed by atoms with Gasteiger partial charge >= 0.3 is 0 Å². The number of hydrogen-bond acceptors (Lipinski definition) is 3. The summed E-state index contributed by atoms with van der Waals surface area (Å²) in [6.07, 6.45) is 1.64. The van der Waals surface area contributed by atoms with Crippen LogP contribution >= 0.6 is 15.9 Å². The van der Waals surface area contributed by atoms with E-state index in [1.807, 2.05) is 6.07 Å². The number of anilines is 2. The summed E-state index contributed by atoms with van der Waals surface area (Å²) in [6, 6.07) is 10.2. The van der Waals surface area contributed by atoms with E-state index in [4.69, 9.17) is 5.73 Å². The molecular weight excluding hydrogens is 278 g/mol. The van der Waals surface area contributed by atoms with Gasteiger partial charge < -0.3 is 11.1 Å². The van der Waals surface area contributed by atoms with Crippen LogP contribution in [0.1, 0.15) is 11.1 Å². The fourth-order valence-electron chi connectivity index (χ4n) is 1.59. The Labute approximate surface area is 109 Å². The van der Waals surface area contributed by atoms with Gasteiger partial charge in [0.25, 0.3) is 0 Å². The van der Waals surface area contributed by atoms with Gasteiger partial charge in [-0.1, -0.05) is 29.8 Å². The van der Waals surface area contributed by atoms with Crippen LogP contribution in [0.4, 0.5) is 11.5 Å². The number of nitrogens with zero attached hydrogens (tertiary/aromatic N) is 1. The van der Waals surface area contributed by atoms with Gasteiger partial charge in [-0.2, -0.15) is 0 Å². The molecule has 0 fully saturated rings. The maximum Gasteiger partial charge on any atom is 0.140 e. The molecule has 4 heteroatoms. The number of nitrogen functional groups attached to an aromatic ring is 1. The van der Waals surface area contributed by atoms with Crippen molar-refractivity contribution >= 4 is 27.4 Å². The number of aryl methyl sites for hydroxylation is 1. The van der Waals surface area contributed by atoms with E-state index in [1.54, 1.807) is 6.20 Å². The number of hydrogen-bond donors (Lipinski definition) is 2. The van der Waals surface area contributed by atoms with Gasteiger partial charge in [0.05, 0.1) is 16.4 Å². The lowest BCUT2D eigenvalue weighted by molar-refractivity contribution is 1.10. The number of rotatable bonds is 3. The summed E-state index contributed by atoms with van der Waals surface area (Å²) in [5.41, 5.74) is 8.78. The molecule has 3 nitrogen and oxygen atoms in total. The molecule has 1 aromatic carbocycles. The van der Waals surface area contributed by atoms with E-state index >= 15 is 0 Å². The van der Waals surface area contributed by atoms with Crippen LogP contribution in [-0.4, -0.2) is 4.98 Å². The second-order valence-electron chi connectivity index (χ2n) is 3.94. The van der Waals surface area contributed by atoms with E-state index in [1.165, 1.54) is 11.1 Å². The molecule has 0 unspecified atom stereocenters. The highest BCUT2D eigenvalue weighted by atomic mass is 79.9. The molecule has 88 valence electrons. The summed E-state index contributed by atoms with van der Waals surface area (Å²) in [7, 11) is 0. The number of halogens is 1. The van der Waals surface area contributed by atoms with E-state index in [2.05, 4.69) is 57.4 Å². The number of nitrogens with one attached hydrogen (secondary N) is 1. The van der Waals surface area contributed by atoms with Crippen molar-refractivity contribution < 1.29 is 0 Å². The summed E-state index contributed by atoms with van der Waals surface area (Å²) < 4.78 is 0.880. The number of aromatic nitrogens is 1. The summed E-state index contributed by atoms with van der Waals surface area (Å²) in [4.78, 5) is 4.23. The van der Waals surface area contributed by atoms with Crippen molar-refractivity contribution in [3.8, 4) is 0 Å². The number of nitrogens with two attached hydrogens (primary N) is 1. The van der Waals surface area contributed by atoms with Crippen LogP contribution in [0.5, 0.6) is 0 Å². The van der Waals surface area contributed by atoms with Crippen molar-refractivity contribution in [3.05, 3.63) is 52.1 Å². The van der Waals surface area contributed by atoms with E-state index in [9.17, 15) is 0 Å². The first-order valence-electron chi connectivity index (χ1n) is 5.35. The van der Waals surface area contributed by atoms with E-state index in [0.717, 1.165) is 16.8 Å². The molecule has 0 aliphatic carbocycles. The Morgan fingerprint density at radius 2 is 2.18 bits per heavy atom. The minimum atomic E-state index is 0.651. The predicted molar refractivity (Wildman–Crippen MR) is 74.9 cm³/mol. The fourth-order valence-corrected chi connectivity index (χ4v) is 2.10. The Kier molecular flexibility index (Phi) is 3.64. The second kappa shape index (κ2) is 5.19. The van der Waals surface area contributed by atoms with Crippen LogP contribution in [0.3, 0.4) is 0 Å². The third kappa shape index (κ3) is 3.20. The van der Waals surface area contributed by atoms with Crippen molar-refractivity contribution in [1.29, 1.82) is 0 Å². The third-order valence-corrected chi connectivity index (χ3v) is 3.01. The minimum Gasteiger partial charge on any atom is -0.397 e. The molecule has 2 aromatic rings. The maximum absolute atomic E-state index is 5.63. The third-order valence-electron chi connectivity index (χ3n) is 2.40. The molecule has 0 bridgehead atoms. The van der Waals surface area contributed by atoms with Crippen molar-refractivity contribution in [2.24, 2.45) is 0 Å². The highest BCUT2D eigenvalue weighted by Crippen LogP contribution is 2.22. The maximum atomic E-state index is 5.63. The Morgan fingerprint density at radius 1 is 1.35 bits per heavy atom. The monoisotopic (exact) mass is 291 g/mol. The van der Waals surface area contributed by atoms with Crippen LogP contribution in [0.2, 0.25) is 0 Å². The van der Waals surface area contributed by atoms with Gasteiger partial charge in [0, 0.05) is 6.54 Å². The lowest BCUT2D eigenvalue weighted by atomic mass is 10.1. The summed E-state index contributed by atoms with van der Waals surface area (Å²) in [5.74, 6) is 0.806. The van der Waals surface area contributed by atoms with Gasteiger partial charge in [-0.25, -0.2) is 4.98 Å². The molecule has 0 radical (unpaired) electrons.